The first-order chi connectivity index (χ1) is 13.3. The molecule has 1 aliphatic rings. The Bertz CT molecular complexity index is 970. The lowest BCUT2D eigenvalue weighted by Crippen LogP contribution is -2.38. The highest BCUT2D eigenvalue weighted by molar-refractivity contribution is 7.92. The van der Waals surface area contributed by atoms with Crippen LogP contribution in [0.5, 0.6) is 5.75 Å². The number of hydrogen-bond acceptors (Lipinski definition) is 4. The minimum atomic E-state index is -4.07. The van der Waals surface area contributed by atoms with Crippen molar-refractivity contribution < 1.29 is 22.3 Å². The summed E-state index contributed by atoms with van der Waals surface area (Å²) < 4.78 is 46.7. The highest BCUT2D eigenvalue weighted by Crippen LogP contribution is 2.27. The fraction of sp³-hybridized carbons (Fsp3) is 0.350. The van der Waals surface area contributed by atoms with Crippen LogP contribution in [0.4, 0.5) is 10.1 Å². The van der Waals surface area contributed by atoms with E-state index in [9.17, 15) is 17.6 Å². The zero-order valence-electron chi connectivity index (χ0n) is 15.8. The average molecular weight is 406 g/mol. The number of likely N-dealkylation sites (tertiary alicyclic amines) is 1. The Kier molecular flexibility index (Phi) is 5.88. The molecule has 8 heteroatoms. The van der Waals surface area contributed by atoms with Crippen molar-refractivity contribution in [3.63, 3.8) is 0 Å². The Morgan fingerprint density at radius 2 is 1.86 bits per heavy atom. The number of halogens is 1. The summed E-state index contributed by atoms with van der Waals surface area (Å²) in [6.07, 6.45) is 1.81. The Labute approximate surface area is 164 Å². The number of sulfonamides is 1. The second-order valence-electron chi connectivity index (χ2n) is 6.92. The lowest BCUT2D eigenvalue weighted by Gasteiger charge is -2.30. The Hall–Kier alpha value is -2.61. The van der Waals surface area contributed by atoms with Gasteiger partial charge in [0.05, 0.1) is 23.3 Å². The minimum Gasteiger partial charge on any atom is -0.496 e. The number of nitrogens with one attached hydrogen (secondary N) is 1. The summed E-state index contributed by atoms with van der Waals surface area (Å²) >= 11 is 0. The standard InChI is InChI=1S/C20H23FN2O4S/c1-14-9-11-23(12-10-14)20(24)16-13-15(7-8-19(16)27-2)28(25,26)22-18-6-4-3-5-17(18)21/h3-8,13-14,22H,9-12H2,1-2H3. The highest BCUT2D eigenvalue weighted by Gasteiger charge is 2.26. The van der Waals surface area contributed by atoms with Crippen LogP contribution in [-0.2, 0) is 10.0 Å². The predicted molar refractivity (Wildman–Crippen MR) is 105 cm³/mol. The Morgan fingerprint density at radius 1 is 1.18 bits per heavy atom. The van der Waals surface area contributed by atoms with Crippen LogP contribution in [0.15, 0.2) is 47.4 Å². The molecular weight excluding hydrogens is 383 g/mol. The lowest BCUT2D eigenvalue weighted by atomic mass is 9.98. The number of ether oxygens (including phenoxy) is 1. The van der Waals surface area contributed by atoms with E-state index >= 15 is 0 Å². The van der Waals surface area contributed by atoms with Crippen LogP contribution in [0.3, 0.4) is 0 Å². The summed E-state index contributed by atoms with van der Waals surface area (Å²) in [7, 11) is -2.65. The molecule has 1 aliphatic heterocycles. The van der Waals surface area contributed by atoms with Gasteiger partial charge in [0, 0.05) is 13.1 Å². The summed E-state index contributed by atoms with van der Waals surface area (Å²) in [5, 5.41) is 0. The molecule has 1 heterocycles. The molecule has 0 saturated carbocycles. The average Bonchev–Trinajstić information content (AvgIpc) is 2.69. The number of nitrogens with zero attached hydrogens (tertiary/aromatic N) is 1. The van der Waals surface area contributed by atoms with Crippen molar-refractivity contribution in [2.24, 2.45) is 5.92 Å². The smallest absolute Gasteiger partial charge is 0.262 e. The molecule has 0 aliphatic carbocycles. The number of methoxy groups -OCH3 is 1. The molecule has 0 aromatic heterocycles. The van der Waals surface area contributed by atoms with Crippen LogP contribution in [-0.4, -0.2) is 39.4 Å². The maximum Gasteiger partial charge on any atom is 0.262 e. The molecule has 0 bridgehead atoms. The van der Waals surface area contributed by atoms with Crippen molar-refractivity contribution in [3.05, 3.63) is 53.8 Å². The molecule has 1 saturated heterocycles. The van der Waals surface area contributed by atoms with Crippen LogP contribution in [0.25, 0.3) is 0 Å². The van der Waals surface area contributed by atoms with Gasteiger partial charge in [-0.25, -0.2) is 12.8 Å². The summed E-state index contributed by atoms with van der Waals surface area (Å²) in [6, 6.07) is 9.54. The number of para-hydroxylation sites is 1. The molecule has 2 aromatic rings. The first-order valence-corrected chi connectivity index (χ1v) is 10.5. The van der Waals surface area contributed by atoms with Gasteiger partial charge in [0.2, 0.25) is 0 Å². The fourth-order valence-electron chi connectivity index (χ4n) is 3.15. The molecule has 1 amide bonds. The molecule has 0 spiro atoms. The topological polar surface area (TPSA) is 75.7 Å². The second-order valence-corrected chi connectivity index (χ2v) is 8.60. The van der Waals surface area contributed by atoms with E-state index < -0.39 is 15.8 Å². The van der Waals surface area contributed by atoms with Crippen LogP contribution in [0.2, 0.25) is 0 Å². The number of rotatable bonds is 5. The van der Waals surface area contributed by atoms with Crippen molar-refractivity contribution in [2.45, 2.75) is 24.7 Å². The summed E-state index contributed by atoms with van der Waals surface area (Å²) in [4.78, 5) is 14.5. The third-order valence-electron chi connectivity index (χ3n) is 4.90. The van der Waals surface area contributed by atoms with E-state index in [-0.39, 0.29) is 22.1 Å². The van der Waals surface area contributed by atoms with Gasteiger partial charge in [-0.05, 0) is 49.1 Å². The maximum absolute atomic E-state index is 13.8. The molecule has 0 atom stereocenters. The summed E-state index contributed by atoms with van der Waals surface area (Å²) in [6.45, 7) is 3.38. The normalized spacial score (nSPS) is 15.3. The molecule has 28 heavy (non-hydrogen) atoms. The predicted octanol–water partition coefficient (Wildman–Crippen LogP) is 3.51. The number of hydrogen-bond donors (Lipinski definition) is 1. The van der Waals surface area contributed by atoms with Crippen molar-refractivity contribution in [1.82, 2.24) is 4.90 Å². The number of carbonyl (C=O) groups is 1. The van der Waals surface area contributed by atoms with E-state index in [0.717, 1.165) is 18.9 Å². The van der Waals surface area contributed by atoms with Crippen LogP contribution in [0.1, 0.15) is 30.1 Å². The van der Waals surface area contributed by atoms with E-state index in [1.807, 2.05) is 0 Å². The summed E-state index contributed by atoms with van der Waals surface area (Å²) in [5.41, 5.74) is 0.0182. The molecule has 3 rings (SSSR count). The van der Waals surface area contributed by atoms with Crippen molar-refractivity contribution in [1.29, 1.82) is 0 Å². The zero-order chi connectivity index (χ0) is 20.3. The van der Waals surface area contributed by atoms with E-state index in [2.05, 4.69) is 11.6 Å². The van der Waals surface area contributed by atoms with Crippen molar-refractivity contribution >= 4 is 21.6 Å². The quantitative estimate of drug-likeness (QED) is 0.825. The van der Waals surface area contributed by atoms with Gasteiger partial charge >= 0.3 is 0 Å². The van der Waals surface area contributed by atoms with Crippen molar-refractivity contribution in [3.8, 4) is 5.75 Å². The molecule has 1 N–H and O–H groups in total. The molecule has 150 valence electrons. The van der Waals surface area contributed by atoms with Gasteiger partial charge in [0.1, 0.15) is 11.6 Å². The van der Waals surface area contributed by atoms with Gasteiger partial charge in [-0.2, -0.15) is 0 Å². The van der Waals surface area contributed by atoms with Gasteiger partial charge in [0.15, 0.2) is 0 Å². The molecule has 6 nitrogen and oxygen atoms in total. The lowest BCUT2D eigenvalue weighted by molar-refractivity contribution is 0.0693. The monoisotopic (exact) mass is 406 g/mol. The van der Waals surface area contributed by atoms with Crippen molar-refractivity contribution in [2.75, 3.05) is 24.9 Å². The third kappa shape index (κ3) is 4.27. The van der Waals surface area contributed by atoms with Crippen LogP contribution in [0, 0.1) is 11.7 Å². The van der Waals surface area contributed by atoms with E-state index in [0.29, 0.717) is 24.8 Å². The van der Waals surface area contributed by atoms with E-state index in [1.165, 1.54) is 43.5 Å². The Balaban J connectivity index is 1.92. The number of amides is 1. The number of benzene rings is 2. The van der Waals surface area contributed by atoms with Gasteiger partial charge in [-0.15, -0.1) is 0 Å². The van der Waals surface area contributed by atoms with Gasteiger partial charge in [0.25, 0.3) is 15.9 Å². The third-order valence-corrected chi connectivity index (χ3v) is 6.26. The van der Waals surface area contributed by atoms with Crippen LogP contribution >= 0.6 is 0 Å². The summed E-state index contributed by atoms with van der Waals surface area (Å²) in [5.74, 6) is -0.0962. The fourth-order valence-corrected chi connectivity index (χ4v) is 4.24. The largest absolute Gasteiger partial charge is 0.496 e. The first kappa shape index (κ1) is 20.1. The number of carbonyl (C=O) groups excluding carboxylic acids is 1. The van der Waals surface area contributed by atoms with Crippen LogP contribution < -0.4 is 9.46 Å². The zero-order valence-corrected chi connectivity index (χ0v) is 16.6. The van der Waals surface area contributed by atoms with Gasteiger partial charge < -0.3 is 9.64 Å². The van der Waals surface area contributed by atoms with E-state index in [1.54, 1.807) is 4.90 Å². The highest BCUT2D eigenvalue weighted by atomic mass is 32.2. The maximum atomic E-state index is 13.8. The molecular formula is C20H23FN2O4S. The molecule has 2 aromatic carbocycles. The second kappa shape index (κ2) is 8.18. The molecule has 0 unspecified atom stereocenters. The van der Waals surface area contributed by atoms with E-state index in [4.69, 9.17) is 4.74 Å². The Morgan fingerprint density at radius 3 is 2.50 bits per heavy atom. The molecule has 1 fully saturated rings. The number of piperidine rings is 1. The van der Waals surface area contributed by atoms with Gasteiger partial charge in [-0.1, -0.05) is 19.1 Å². The molecule has 0 radical (unpaired) electrons. The first-order valence-electron chi connectivity index (χ1n) is 9.06. The number of anilines is 1. The SMILES string of the molecule is COc1ccc(S(=O)(=O)Nc2ccccc2F)cc1C(=O)N1CCC(C)CC1. The minimum absolute atomic E-state index is 0.134. The van der Waals surface area contributed by atoms with Gasteiger partial charge in [-0.3, -0.25) is 9.52 Å².